The number of anilines is 1. The van der Waals surface area contributed by atoms with Crippen molar-refractivity contribution in [1.82, 2.24) is 5.32 Å². The number of rotatable bonds is 8. The molecular weight excluding hydrogens is 348 g/mol. The second-order valence-electron chi connectivity index (χ2n) is 7.50. The summed E-state index contributed by atoms with van der Waals surface area (Å²) in [5.41, 5.74) is 2.28. The van der Waals surface area contributed by atoms with E-state index in [1.54, 1.807) is 7.11 Å². The molecule has 0 aromatic heterocycles. The van der Waals surface area contributed by atoms with Gasteiger partial charge >= 0.3 is 0 Å². The van der Waals surface area contributed by atoms with Crippen molar-refractivity contribution in [1.29, 1.82) is 0 Å². The molecule has 0 aliphatic carbocycles. The molecule has 4 heteroatoms. The van der Waals surface area contributed by atoms with Gasteiger partial charge < -0.3 is 15.0 Å². The van der Waals surface area contributed by atoms with Crippen molar-refractivity contribution in [2.75, 3.05) is 25.1 Å². The van der Waals surface area contributed by atoms with Gasteiger partial charge in [0.25, 0.3) is 0 Å². The van der Waals surface area contributed by atoms with Crippen molar-refractivity contribution in [2.45, 2.75) is 45.1 Å². The monoisotopic (exact) mass is 380 g/mol. The molecule has 28 heavy (non-hydrogen) atoms. The van der Waals surface area contributed by atoms with Gasteiger partial charge in [0.15, 0.2) is 0 Å². The van der Waals surface area contributed by atoms with Gasteiger partial charge in [-0.25, -0.2) is 0 Å². The average Bonchev–Trinajstić information content (AvgIpc) is 2.77. The van der Waals surface area contributed by atoms with E-state index >= 15 is 0 Å². The Morgan fingerprint density at radius 1 is 1.14 bits per heavy atom. The first-order valence-corrected chi connectivity index (χ1v) is 10.4. The highest BCUT2D eigenvalue weighted by atomic mass is 16.5. The number of hydrogen-bond acceptors (Lipinski definition) is 3. The zero-order valence-corrected chi connectivity index (χ0v) is 17.1. The lowest BCUT2D eigenvalue weighted by molar-refractivity contribution is -0.119. The lowest BCUT2D eigenvalue weighted by atomic mass is 9.85. The third-order valence-electron chi connectivity index (χ3n) is 5.73. The summed E-state index contributed by atoms with van der Waals surface area (Å²) in [5.74, 6) is 1.48. The first kappa shape index (κ1) is 20.4. The second-order valence-corrected chi connectivity index (χ2v) is 7.50. The lowest BCUT2D eigenvalue weighted by Crippen LogP contribution is -2.48. The minimum atomic E-state index is 0.185. The number of piperidine rings is 1. The fourth-order valence-electron chi connectivity index (χ4n) is 4.21. The van der Waals surface area contributed by atoms with Crippen LogP contribution >= 0.6 is 0 Å². The molecule has 2 aromatic rings. The fourth-order valence-corrected chi connectivity index (χ4v) is 4.21. The summed E-state index contributed by atoms with van der Waals surface area (Å²) in [6, 6.07) is 18.7. The van der Waals surface area contributed by atoms with Gasteiger partial charge in [-0.3, -0.25) is 4.79 Å². The van der Waals surface area contributed by atoms with Crippen LogP contribution in [0.5, 0.6) is 5.75 Å². The Morgan fingerprint density at radius 3 is 2.57 bits per heavy atom. The maximum atomic E-state index is 13.1. The van der Waals surface area contributed by atoms with Crippen LogP contribution in [0.25, 0.3) is 0 Å². The summed E-state index contributed by atoms with van der Waals surface area (Å²) < 4.78 is 5.42. The molecule has 1 aliphatic rings. The van der Waals surface area contributed by atoms with E-state index in [1.165, 1.54) is 5.56 Å². The van der Waals surface area contributed by atoms with Crippen LogP contribution < -0.4 is 15.0 Å². The van der Waals surface area contributed by atoms with Crippen molar-refractivity contribution in [3.05, 3.63) is 60.2 Å². The zero-order chi connectivity index (χ0) is 19.8. The summed E-state index contributed by atoms with van der Waals surface area (Å²) in [7, 11) is 1.67. The highest BCUT2D eigenvalue weighted by Crippen LogP contribution is 2.31. The maximum Gasteiger partial charge on any atom is 0.226 e. The maximum absolute atomic E-state index is 13.1. The highest BCUT2D eigenvalue weighted by Gasteiger charge is 2.32. The number of amides is 1. The van der Waals surface area contributed by atoms with Gasteiger partial charge in [0.05, 0.1) is 7.11 Å². The summed E-state index contributed by atoms with van der Waals surface area (Å²) in [4.78, 5) is 15.1. The number of nitrogens with zero attached hydrogens (tertiary/aromatic N) is 1. The number of nitrogens with one attached hydrogen (secondary N) is 1. The fraction of sp³-hybridized carbons (Fsp3) is 0.458. The summed E-state index contributed by atoms with van der Waals surface area (Å²) in [5, 5.41) is 3.46. The molecular formula is C24H32N2O2. The predicted octanol–water partition coefficient (Wildman–Crippen LogP) is 4.44. The van der Waals surface area contributed by atoms with Crippen LogP contribution in [0.2, 0.25) is 0 Å². The first-order chi connectivity index (χ1) is 13.7. The molecule has 1 saturated heterocycles. The van der Waals surface area contributed by atoms with Crippen LogP contribution in [0.1, 0.15) is 38.2 Å². The highest BCUT2D eigenvalue weighted by molar-refractivity contribution is 5.94. The molecule has 1 unspecified atom stereocenters. The Kier molecular flexibility index (Phi) is 7.49. The minimum absolute atomic E-state index is 0.185. The van der Waals surface area contributed by atoms with E-state index in [9.17, 15) is 4.79 Å². The topological polar surface area (TPSA) is 41.6 Å². The molecule has 0 radical (unpaired) electrons. The van der Waals surface area contributed by atoms with Crippen molar-refractivity contribution in [3.63, 3.8) is 0 Å². The lowest BCUT2D eigenvalue weighted by Gasteiger charge is -2.39. The van der Waals surface area contributed by atoms with Gasteiger partial charge in [-0.2, -0.15) is 0 Å². The van der Waals surface area contributed by atoms with Crippen molar-refractivity contribution in [2.24, 2.45) is 5.92 Å². The molecule has 1 atom stereocenters. The smallest absolute Gasteiger partial charge is 0.226 e. The van der Waals surface area contributed by atoms with Crippen LogP contribution in [0.3, 0.4) is 0 Å². The number of hydrogen-bond donors (Lipinski definition) is 1. The van der Waals surface area contributed by atoms with Gasteiger partial charge in [-0.15, -0.1) is 0 Å². The van der Waals surface area contributed by atoms with E-state index < -0.39 is 0 Å². The van der Waals surface area contributed by atoms with E-state index in [0.717, 1.165) is 50.2 Å². The number of carbonyl (C=O) groups is 1. The molecule has 1 heterocycles. The van der Waals surface area contributed by atoms with Gasteiger partial charge in [0.2, 0.25) is 5.91 Å². The number of aryl methyl sites for hydroxylation is 1. The van der Waals surface area contributed by atoms with Crippen LogP contribution in [0, 0.1) is 5.92 Å². The summed E-state index contributed by atoms with van der Waals surface area (Å²) in [6.07, 6.45) is 4.67. The molecule has 0 saturated carbocycles. The first-order valence-electron chi connectivity index (χ1n) is 10.4. The quantitative estimate of drug-likeness (QED) is 0.736. The Bertz CT molecular complexity index is 741. The largest absolute Gasteiger partial charge is 0.497 e. The van der Waals surface area contributed by atoms with Crippen molar-refractivity contribution < 1.29 is 9.53 Å². The molecule has 4 nitrogen and oxygen atoms in total. The molecule has 2 aromatic carbocycles. The van der Waals surface area contributed by atoms with Crippen LogP contribution in [0.15, 0.2) is 54.6 Å². The Labute approximate surface area is 168 Å². The molecule has 1 N–H and O–H groups in total. The number of carbonyl (C=O) groups excluding carboxylic acids is 1. The standard InChI is InChI=1S/C24H32N2O2/c1-3-24(27)26(21-10-7-11-22(18-21)28-2)23(20-14-16-25-17-15-20)13-12-19-8-5-4-6-9-19/h4-11,18,20,23,25H,3,12-17H2,1-2H3. The average molecular weight is 381 g/mol. The van der Waals surface area contributed by atoms with Crippen LogP contribution in [-0.4, -0.2) is 32.1 Å². The molecule has 3 rings (SSSR count). The third-order valence-corrected chi connectivity index (χ3v) is 5.73. The summed E-state index contributed by atoms with van der Waals surface area (Å²) >= 11 is 0. The van der Waals surface area contributed by atoms with E-state index in [2.05, 4.69) is 40.5 Å². The summed E-state index contributed by atoms with van der Waals surface area (Å²) in [6.45, 7) is 4.00. The van der Waals surface area contributed by atoms with Crippen molar-refractivity contribution >= 4 is 11.6 Å². The van der Waals surface area contributed by atoms with Crippen molar-refractivity contribution in [3.8, 4) is 5.75 Å². The van der Waals surface area contributed by atoms with E-state index in [4.69, 9.17) is 4.74 Å². The van der Waals surface area contributed by atoms with Crippen LogP contribution in [0.4, 0.5) is 5.69 Å². The molecule has 1 amide bonds. The molecule has 0 bridgehead atoms. The number of benzene rings is 2. The molecule has 0 spiro atoms. The van der Waals surface area contributed by atoms with Gasteiger partial charge in [0.1, 0.15) is 5.75 Å². The molecule has 1 fully saturated rings. The van der Waals surface area contributed by atoms with E-state index in [1.807, 2.05) is 31.2 Å². The molecule has 1 aliphatic heterocycles. The minimum Gasteiger partial charge on any atom is -0.497 e. The molecule has 150 valence electrons. The number of ether oxygens (including phenoxy) is 1. The van der Waals surface area contributed by atoms with Gasteiger partial charge in [0, 0.05) is 24.2 Å². The third kappa shape index (κ3) is 5.14. The number of methoxy groups -OCH3 is 1. The van der Waals surface area contributed by atoms with Crippen LogP contribution in [-0.2, 0) is 11.2 Å². The van der Waals surface area contributed by atoms with Gasteiger partial charge in [-0.1, -0.05) is 43.3 Å². The Hall–Kier alpha value is -2.33. The van der Waals surface area contributed by atoms with E-state index in [-0.39, 0.29) is 11.9 Å². The Balaban J connectivity index is 1.91. The normalized spacial score (nSPS) is 15.8. The Morgan fingerprint density at radius 2 is 1.89 bits per heavy atom. The zero-order valence-electron chi connectivity index (χ0n) is 17.1. The SMILES string of the molecule is CCC(=O)N(c1cccc(OC)c1)C(CCc1ccccc1)C1CCNCC1. The van der Waals surface area contributed by atoms with E-state index in [0.29, 0.717) is 12.3 Å². The predicted molar refractivity (Wildman–Crippen MR) is 115 cm³/mol. The van der Waals surface area contributed by atoms with Gasteiger partial charge in [-0.05, 0) is 62.4 Å². The second kappa shape index (κ2) is 10.3.